The molecule has 140 valence electrons. The first-order valence-electron chi connectivity index (χ1n) is 8.30. The van der Waals surface area contributed by atoms with Crippen molar-refractivity contribution in [3.8, 4) is 11.5 Å². The highest BCUT2D eigenvalue weighted by Crippen LogP contribution is 2.19. The molecule has 3 aromatic rings. The van der Waals surface area contributed by atoms with Crippen LogP contribution in [0.3, 0.4) is 0 Å². The van der Waals surface area contributed by atoms with Gasteiger partial charge in [0.15, 0.2) is 5.82 Å². The molecular weight excluding hydrogens is 364 g/mol. The summed E-state index contributed by atoms with van der Waals surface area (Å²) in [4.78, 5) is 16.4. The fourth-order valence-electron chi connectivity index (χ4n) is 2.27. The van der Waals surface area contributed by atoms with Crippen LogP contribution in [0.1, 0.15) is 11.4 Å². The number of rotatable bonds is 8. The van der Waals surface area contributed by atoms with Gasteiger partial charge in [0, 0.05) is 5.69 Å². The molecule has 1 heterocycles. The van der Waals surface area contributed by atoms with Gasteiger partial charge in [-0.05, 0) is 42.8 Å². The number of nitrogens with one attached hydrogen (secondary N) is 2. The Hall–Kier alpha value is -3.00. The zero-order valence-corrected chi connectivity index (χ0v) is 15.9. The molecule has 1 amide bonds. The molecule has 2 N–H and O–H groups in total. The van der Waals surface area contributed by atoms with Gasteiger partial charge in [-0.25, -0.2) is 4.98 Å². The van der Waals surface area contributed by atoms with Gasteiger partial charge in [0.1, 0.15) is 18.1 Å². The minimum atomic E-state index is -0.132. The van der Waals surface area contributed by atoms with Gasteiger partial charge in [-0.3, -0.25) is 9.89 Å². The minimum absolute atomic E-state index is 0.132. The van der Waals surface area contributed by atoms with E-state index in [0.29, 0.717) is 16.7 Å². The van der Waals surface area contributed by atoms with E-state index >= 15 is 0 Å². The summed E-state index contributed by atoms with van der Waals surface area (Å²) >= 11 is 1.26. The van der Waals surface area contributed by atoms with Crippen LogP contribution in [0.25, 0.3) is 0 Å². The van der Waals surface area contributed by atoms with Crippen molar-refractivity contribution in [2.45, 2.75) is 18.7 Å². The molecule has 0 spiro atoms. The second-order valence-corrected chi connectivity index (χ2v) is 6.63. The Kier molecular flexibility index (Phi) is 6.32. The van der Waals surface area contributed by atoms with E-state index < -0.39 is 0 Å². The second-order valence-electron chi connectivity index (χ2n) is 5.68. The molecule has 1 aromatic heterocycles. The number of carbonyl (C=O) groups excluding carboxylic acids is 1. The van der Waals surface area contributed by atoms with Crippen molar-refractivity contribution < 1.29 is 14.3 Å². The molecule has 0 fully saturated rings. The minimum Gasteiger partial charge on any atom is -0.497 e. The number of H-pyrrole nitrogens is 1. The van der Waals surface area contributed by atoms with Gasteiger partial charge >= 0.3 is 0 Å². The Morgan fingerprint density at radius 3 is 2.70 bits per heavy atom. The molecule has 0 aliphatic heterocycles. The molecule has 3 rings (SSSR count). The second kappa shape index (κ2) is 9.09. The van der Waals surface area contributed by atoms with Gasteiger partial charge in [0.05, 0.1) is 12.9 Å². The maximum atomic E-state index is 12.0. The van der Waals surface area contributed by atoms with Crippen LogP contribution < -0.4 is 14.8 Å². The highest BCUT2D eigenvalue weighted by molar-refractivity contribution is 7.99. The van der Waals surface area contributed by atoms with Gasteiger partial charge in [0.25, 0.3) is 0 Å². The number of hydrogen-bond acceptors (Lipinski definition) is 6. The van der Waals surface area contributed by atoms with E-state index in [9.17, 15) is 4.79 Å². The van der Waals surface area contributed by atoms with E-state index in [2.05, 4.69) is 20.5 Å². The Bertz CT molecular complexity index is 896. The zero-order valence-electron chi connectivity index (χ0n) is 15.1. The fourth-order valence-corrected chi connectivity index (χ4v) is 2.89. The molecule has 7 nitrogen and oxygen atoms in total. The van der Waals surface area contributed by atoms with Crippen LogP contribution in [0.5, 0.6) is 11.5 Å². The first kappa shape index (κ1) is 18.8. The molecular formula is C19H20N4O3S. The number of aromatic nitrogens is 3. The Balaban J connectivity index is 1.46. The van der Waals surface area contributed by atoms with Crippen LogP contribution in [0, 0.1) is 6.92 Å². The molecule has 2 aromatic carbocycles. The average Bonchev–Trinajstić information content (AvgIpc) is 3.14. The SMILES string of the molecule is COc1ccc(NC(=O)CSc2n[nH]c(COc3ccccc3C)n2)cc1. The highest BCUT2D eigenvalue weighted by Gasteiger charge is 2.09. The van der Waals surface area contributed by atoms with E-state index in [1.807, 2.05) is 31.2 Å². The van der Waals surface area contributed by atoms with Crippen LogP contribution >= 0.6 is 11.8 Å². The number of benzene rings is 2. The number of aryl methyl sites for hydroxylation is 1. The van der Waals surface area contributed by atoms with E-state index in [1.54, 1.807) is 31.4 Å². The molecule has 0 bridgehead atoms. The number of hydrogen-bond donors (Lipinski definition) is 2. The summed E-state index contributed by atoms with van der Waals surface area (Å²) in [7, 11) is 1.60. The Morgan fingerprint density at radius 2 is 1.96 bits per heavy atom. The smallest absolute Gasteiger partial charge is 0.234 e. The van der Waals surface area contributed by atoms with Gasteiger partial charge in [-0.2, -0.15) is 0 Å². The number of para-hydroxylation sites is 1. The maximum absolute atomic E-state index is 12.0. The third kappa shape index (κ3) is 5.49. The number of anilines is 1. The first-order chi connectivity index (χ1) is 13.1. The summed E-state index contributed by atoms with van der Waals surface area (Å²) in [5.41, 5.74) is 1.77. The monoisotopic (exact) mass is 384 g/mol. The van der Waals surface area contributed by atoms with E-state index in [-0.39, 0.29) is 18.3 Å². The third-order valence-electron chi connectivity index (χ3n) is 3.68. The quantitative estimate of drug-likeness (QED) is 0.579. The summed E-state index contributed by atoms with van der Waals surface area (Å²) in [6, 6.07) is 14.9. The topological polar surface area (TPSA) is 89.1 Å². The molecule has 0 saturated heterocycles. The number of carbonyl (C=O) groups is 1. The molecule has 0 radical (unpaired) electrons. The highest BCUT2D eigenvalue weighted by atomic mass is 32.2. The predicted octanol–water partition coefficient (Wildman–Crippen LogP) is 3.43. The average molecular weight is 384 g/mol. The van der Waals surface area contributed by atoms with Crippen LogP contribution in [0.2, 0.25) is 0 Å². The molecule has 8 heteroatoms. The van der Waals surface area contributed by atoms with Crippen molar-refractivity contribution in [1.82, 2.24) is 15.2 Å². The van der Waals surface area contributed by atoms with Crippen molar-refractivity contribution in [3.05, 3.63) is 59.9 Å². The van der Waals surface area contributed by atoms with Crippen molar-refractivity contribution in [3.63, 3.8) is 0 Å². The molecule has 0 unspecified atom stereocenters. The first-order valence-corrected chi connectivity index (χ1v) is 9.29. The number of nitrogens with zero attached hydrogens (tertiary/aromatic N) is 2. The predicted molar refractivity (Wildman–Crippen MR) is 104 cm³/mol. The van der Waals surface area contributed by atoms with Crippen LogP contribution in [-0.4, -0.2) is 34.0 Å². The summed E-state index contributed by atoms with van der Waals surface area (Å²) in [5, 5.41) is 10.3. The van der Waals surface area contributed by atoms with Crippen LogP contribution in [0.4, 0.5) is 5.69 Å². The number of thioether (sulfide) groups is 1. The van der Waals surface area contributed by atoms with E-state index in [1.165, 1.54) is 11.8 Å². The van der Waals surface area contributed by atoms with Crippen molar-refractivity contribution in [2.24, 2.45) is 0 Å². The molecule has 0 saturated carbocycles. The molecule has 0 atom stereocenters. The van der Waals surface area contributed by atoms with Crippen LogP contribution in [-0.2, 0) is 11.4 Å². The van der Waals surface area contributed by atoms with Crippen LogP contribution in [0.15, 0.2) is 53.7 Å². The van der Waals surface area contributed by atoms with Gasteiger partial charge in [-0.15, -0.1) is 5.10 Å². The Labute approximate surface area is 161 Å². The fraction of sp³-hybridized carbons (Fsp3) is 0.211. The Morgan fingerprint density at radius 1 is 1.19 bits per heavy atom. The molecule has 0 aliphatic carbocycles. The lowest BCUT2D eigenvalue weighted by atomic mass is 10.2. The maximum Gasteiger partial charge on any atom is 0.234 e. The lowest BCUT2D eigenvalue weighted by Crippen LogP contribution is -2.14. The van der Waals surface area contributed by atoms with Gasteiger partial charge in [0.2, 0.25) is 11.1 Å². The number of amides is 1. The summed E-state index contributed by atoms with van der Waals surface area (Å²) in [6.07, 6.45) is 0. The normalized spacial score (nSPS) is 10.4. The van der Waals surface area contributed by atoms with E-state index in [0.717, 1.165) is 17.1 Å². The van der Waals surface area contributed by atoms with Crippen molar-refractivity contribution >= 4 is 23.4 Å². The number of ether oxygens (including phenoxy) is 2. The number of methoxy groups -OCH3 is 1. The number of aromatic amines is 1. The zero-order chi connectivity index (χ0) is 19.1. The summed E-state index contributed by atoms with van der Waals surface area (Å²) in [5.74, 6) is 2.23. The molecule has 0 aliphatic rings. The lowest BCUT2D eigenvalue weighted by Gasteiger charge is -2.06. The molecule has 27 heavy (non-hydrogen) atoms. The van der Waals surface area contributed by atoms with E-state index in [4.69, 9.17) is 9.47 Å². The lowest BCUT2D eigenvalue weighted by molar-refractivity contribution is -0.113. The van der Waals surface area contributed by atoms with Gasteiger partial charge < -0.3 is 14.8 Å². The van der Waals surface area contributed by atoms with Gasteiger partial charge in [-0.1, -0.05) is 30.0 Å². The third-order valence-corrected chi connectivity index (χ3v) is 4.52. The van der Waals surface area contributed by atoms with Crippen molar-refractivity contribution in [2.75, 3.05) is 18.2 Å². The standard InChI is InChI=1S/C19H20N4O3S/c1-13-5-3-4-6-16(13)26-11-17-21-19(23-22-17)27-12-18(24)20-14-7-9-15(25-2)10-8-14/h3-10H,11-12H2,1-2H3,(H,20,24)(H,21,22,23). The largest absolute Gasteiger partial charge is 0.497 e. The van der Waals surface area contributed by atoms with Crippen molar-refractivity contribution in [1.29, 1.82) is 0 Å². The summed E-state index contributed by atoms with van der Waals surface area (Å²) in [6.45, 7) is 2.27. The summed E-state index contributed by atoms with van der Waals surface area (Å²) < 4.78 is 10.8.